The van der Waals surface area contributed by atoms with Crippen LogP contribution in [0.2, 0.25) is 0 Å². The Morgan fingerprint density at radius 2 is 0.722 bits per heavy atom. The molecule has 0 radical (unpaired) electrons. The fourth-order valence-electron chi connectivity index (χ4n) is 11.3. The number of hydrogen-bond acceptors (Lipinski definition) is 8. The predicted molar refractivity (Wildman–Crippen MR) is 337 cm³/mol. The van der Waals surface area contributed by atoms with Crippen LogP contribution in [0.3, 0.4) is 0 Å². The smallest absolute Gasteiger partial charge is 0.220 e. The molecule has 466 valence electrons. The van der Waals surface area contributed by atoms with E-state index in [0.29, 0.717) is 6.42 Å². The maximum absolute atomic E-state index is 13.1. The van der Waals surface area contributed by atoms with E-state index < -0.39 is 49.5 Å². The summed E-state index contributed by atoms with van der Waals surface area (Å²) in [4.78, 5) is 13.1. The second-order valence-electron chi connectivity index (χ2n) is 24.3. The molecule has 0 aromatic carbocycles. The van der Waals surface area contributed by atoms with E-state index in [-0.39, 0.29) is 12.5 Å². The van der Waals surface area contributed by atoms with Gasteiger partial charge in [-0.15, -0.1) is 0 Å². The van der Waals surface area contributed by atoms with Crippen molar-refractivity contribution in [2.24, 2.45) is 0 Å². The van der Waals surface area contributed by atoms with Gasteiger partial charge in [0.2, 0.25) is 5.91 Å². The van der Waals surface area contributed by atoms with Crippen molar-refractivity contribution in [1.29, 1.82) is 0 Å². The zero-order chi connectivity index (χ0) is 57.2. The number of rotatable bonds is 61. The van der Waals surface area contributed by atoms with Crippen LogP contribution < -0.4 is 5.32 Å². The number of nitrogens with one attached hydrogen (secondary N) is 1. The summed E-state index contributed by atoms with van der Waals surface area (Å²) in [5.41, 5.74) is 0. The van der Waals surface area contributed by atoms with Crippen molar-refractivity contribution in [2.75, 3.05) is 13.2 Å². The van der Waals surface area contributed by atoms with Crippen molar-refractivity contribution >= 4 is 5.91 Å². The van der Waals surface area contributed by atoms with Crippen LogP contribution in [0.1, 0.15) is 348 Å². The molecule has 9 heteroatoms. The Balaban J connectivity index is 2.16. The molecule has 0 aromatic rings. The number of amides is 1. The fraction of sp³-hybridized carbons (Fsp3) is 0.900. The van der Waals surface area contributed by atoms with E-state index in [0.717, 1.165) is 44.9 Å². The lowest BCUT2D eigenvalue weighted by Crippen LogP contribution is -2.60. The molecule has 0 bridgehead atoms. The maximum atomic E-state index is 13.1. The largest absolute Gasteiger partial charge is 0.394 e. The first-order valence-electron chi connectivity index (χ1n) is 34.7. The number of aliphatic hydroxyl groups is 5. The lowest BCUT2D eigenvalue weighted by atomic mass is 9.99. The van der Waals surface area contributed by atoms with E-state index >= 15 is 0 Å². The first kappa shape index (κ1) is 75.4. The van der Waals surface area contributed by atoms with E-state index in [9.17, 15) is 30.3 Å². The predicted octanol–water partition coefficient (Wildman–Crippen LogP) is 18.6. The van der Waals surface area contributed by atoms with Crippen LogP contribution in [-0.2, 0) is 14.3 Å². The van der Waals surface area contributed by atoms with Gasteiger partial charge in [-0.2, -0.15) is 0 Å². The Hall–Kier alpha value is -1.59. The second-order valence-corrected chi connectivity index (χ2v) is 24.3. The van der Waals surface area contributed by atoms with Gasteiger partial charge in [0.15, 0.2) is 6.29 Å². The molecular weight excluding hydrogens is 983 g/mol. The van der Waals surface area contributed by atoms with Crippen molar-refractivity contribution < 1.29 is 39.8 Å². The number of hydrogen-bond donors (Lipinski definition) is 6. The molecule has 9 nitrogen and oxygen atoms in total. The van der Waals surface area contributed by atoms with Crippen LogP contribution in [0.5, 0.6) is 0 Å². The fourth-order valence-corrected chi connectivity index (χ4v) is 11.3. The third-order valence-corrected chi connectivity index (χ3v) is 16.7. The number of allylic oxidation sites excluding steroid dienone is 5. The molecule has 6 N–H and O–H groups in total. The summed E-state index contributed by atoms with van der Waals surface area (Å²) in [5.74, 6) is -0.184. The minimum Gasteiger partial charge on any atom is -0.394 e. The maximum Gasteiger partial charge on any atom is 0.220 e. The number of aliphatic hydroxyl groups excluding tert-OH is 5. The van der Waals surface area contributed by atoms with Gasteiger partial charge in [0.1, 0.15) is 24.4 Å². The molecular formula is C70H133NO8. The normalized spacial score (nSPS) is 18.7. The quantitative estimate of drug-likeness (QED) is 0.0261. The summed E-state index contributed by atoms with van der Waals surface area (Å²) >= 11 is 0. The van der Waals surface area contributed by atoms with E-state index in [2.05, 4.69) is 43.5 Å². The molecule has 1 aliphatic rings. The molecule has 79 heavy (non-hydrogen) atoms. The number of carbonyl (C=O) groups is 1. The zero-order valence-electron chi connectivity index (χ0n) is 52.2. The summed E-state index contributed by atoms with van der Waals surface area (Å²) in [5, 5.41) is 54.7. The summed E-state index contributed by atoms with van der Waals surface area (Å²) in [6.45, 7) is 3.81. The van der Waals surface area contributed by atoms with Crippen LogP contribution >= 0.6 is 0 Å². The minimum absolute atomic E-state index is 0.184. The number of carbonyl (C=O) groups excluding carboxylic acids is 1. The third kappa shape index (κ3) is 48.5. The number of ether oxygens (including phenoxy) is 2. The van der Waals surface area contributed by atoms with Crippen LogP contribution in [0.15, 0.2) is 36.5 Å². The molecule has 1 rings (SSSR count). The van der Waals surface area contributed by atoms with E-state index in [1.54, 1.807) is 6.08 Å². The van der Waals surface area contributed by atoms with Gasteiger partial charge in [-0.05, 0) is 44.9 Å². The lowest BCUT2D eigenvalue weighted by Gasteiger charge is -2.40. The molecule has 1 aliphatic heterocycles. The molecule has 1 fully saturated rings. The van der Waals surface area contributed by atoms with Gasteiger partial charge in [0.05, 0.1) is 25.4 Å². The van der Waals surface area contributed by atoms with Gasteiger partial charge in [0.25, 0.3) is 0 Å². The van der Waals surface area contributed by atoms with Crippen molar-refractivity contribution in [3.8, 4) is 0 Å². The highest BCUT2D eigenvalue weighted by molar-refractivity contribution is 5.76. The average molecular weight is 1120 g/mol. The Bertz CT molecular complexity index is 1340. The average Bonchev–Trinajstić information content (AvgIpc) is 3.47. The van der Waals surface area contributed by atoms with Gasteiger partial charge in [0, 0.05) is 6.42 Å². The van der Waals surface area contributed by atoms with Gasteiger partial charge < -0.3 is 40.3 Å². The summed E-state index contributed by atoms with van der Waals surface area (Å²) in [7, 11) is 0. The monoisotopic (exact) mass is 1120 g/mol. The molecule has 0 spiro atoms. The van der Waals surface area contributed by atoms with Crippen LogP contribution in [-0.4, -0.2) is 87.5 Å². The van der Waals surface area contributed by atoms with Crippen LogP contribution in [0, 0.1) is 0 Å². The molecule has 0 aliphatic carbocycles. The van der Waals surface area contributed by atoms with Gasteiger partial charge >= 0.3 is 0 Å². The Labute approximate surface area is 489 Å². The molecule has 0 aromatic heterocycles. The summed E-state index contributed by atoms with van der Waals surface area (Å²) < 4.78 is 11.3. The van der Waals surface area contributed by atoms with Crippen molar-refractivity contribution in [1.82, 2.24) is 5.32 Å². The van der Waals surface area contributed by atoms with Gasteiger partial charge in [-0.1, -0.05) is 333 Å². The van der Waals surface area contributed by atoms with Crippen LogP contribution in [0.25, 0.3) is 0 Å². The second kappa shape index (κ2) is 59.6. The highest BCUT2D eigenvalue weighted by Gasteiger charge is 2.44. The van der Waals surface area contributed by atoms with E-state index in [4.69, 9.17) is 9.47 Å². The molecule has 7 unspecified atom stereocenters. The highest BCUT2D eigenvalue weighted by atomic mass is 16.7. The summed E-state index contributed by atoms with van der Waals surface area (Å²) in [6, 6.07) is -0.828. The van der Waals surface area contributed by atoms with Crippen molar-refractivity contribution in [3.63, 3.8) is 0 Å². The zero-order valence-corrected chi connectivity index (χ0v) is 52.2. The van der Waals surface area contributed by atoms with Gasteiger partial charge in [-0.3, -0.25) is 4.79 Å². The van der Waals surface area contributed by atoms with Crippen LogP contribution in [0.4, 0.5) is 0 Å². The lowest BCUT2D eigenvalue weighted by molar-refractivity contribution is -0.302. The number of unbranched alkanes of at least 4 members (excludes halogenated alkanes) is 47. The van der Waals surface area contributed by atoms with E-state index in [1.165, 1.54) is 283 Å². The van der Waals surface area contributed by atoms with Gasteiger partial charge in [-0.25, -0.2) is 0 Å². The Kier molecular flexibility index (Phi) is 56.9. The molecule has 0 saturated carbocycles. The molecule has 1 heterocycles. The first-order chi connectivity index (χ1) is 38.8. The molecule has 1 amide bonds. The SMILES string of the molecule is CCCCCCCCCCCCCCCCCCCCCCCC/C=C/CC/C=C/CC/C=C/C(O)C(COC1OC(CO)C(O)C(O)C1O)NC(=O)CCCCCCCCCCCCCCCCCCCCCCCCCC. The Morgan fingerprint density at radius 1 is 0.418 bits per heavy atom. The highest BCUT2D eigenvalue weighted by Crippen LogP contribution is 2.23. The topological polar surface area (TPSA) is 149 Å². The standard InChI is InChI=1S/C70H133NO8/c1-3-5-7-9-11-13-15-17-19-21-23-25-27-29-30-31-32-33-34-35-36-37-39-41-43-45-47-49-51-53-55-57-59-64(73)63(62-78-70-69(77)68(76)67(75)65(61-72)79-70)71-66(74)60-58-56-54-52-50-48-46-44-42-40-38-28-26-24-22-20-18-16-14-12-10-8-6-4-2/h41,43,49,51,57,59,63-65,67-70,72-73,75-77H,3-40,42,44-48,50,52-56,58,60-62H2,1-2H3,(H,71,74)/b43-41+,51-49+,59-57+. The van der Waals surface area contributed by atoms with E-state index in [1.807, 2.05) is 6.08 Å². The van der Waals surface area contributed by atoms with Crippen molar-refractivity contribution in [2.45, 2.75) is 391 Å². The molecule has 1 saturated heterocycles. The minimum atomic E-state index is -1.57. The first-order valence-corrected chi connectivity index (χ1v) is 34.7. The Morgan fingerprint density at radius 3 is 1.06 bits per heavy atom. The molecule has 7 atom stereocenters. The van der Waals surface area contributed by atoms with Crippen molar-refractivity contribution in [3.05, 3.63) is 36.5 Å². The summed E-state index contributed by atoms with van der Waals surface area (Å²) in [6.07, 6.45) is 72.6. The third-order valence-electron chi connectivity index (χ3n) is 16.7.